The summed E-state index contributed by atoms with van der Waals surface area (Å²) < 4.78 is 38.5. The number of carbonyl (C=O) groups excluding carboxylic acids is 1. The summed E-state index contributed by atoms with van der Waals surface area (Å²) in [6.45, 7) is 6.33. The van der Waals surface area contributed by atoms with Crippen LogP contribution in [0.15, 0.2) is 18.2 Å². The van der Waals surface area contributed by atoms with Crippen LogP contribution < -0.4 is 19.5 Å². The minimum atomic E-state index is -3.52. The molecule has 9 heteroatoms. The summed E-state index contributed by atoms with van der Waals surface area (Å²) >= 11 is 0. The Balaban J connectivity index is 0.00000480. The van der Waals surface area contributed by atoms with E-state index in [2.05, 4.69) is 10.0 Å². The van der Waals surface area contributed by atoms with E-state index < -0.39 is 16.0 Å². The van der Waals surface area contributed by atoms with Crippen LogP contribution in [0.25, 0.3) is 0 Å². The first kappa shape index (κ1) is 27.5. The predicted molar refractivity (Wildman–Crippen MR) is 127 cm³/mol. The molecule has 2 rings (SSSR count). The van der Waals surface area contributed by atoms with Gasteiger partial charge in [-0.3, -0.25) is 9.52 Å². The Morgan fingerprint density at radius 2 is 1.90 bits per heavy atom. The molecule has 0 amide bonds. The van der Waals surface area contributed by atoms with E-state index in [1.807, 2.05) is 6.92 Å². The molecule has 0 radical (unpaired) electrons. The Morgan fingerprint density at radius 3 is 2.58 bits per heavy atom. The summed E-state index contributed by atoms with van der Waals surface area (Å²) in [7, 11) is -3.52. The molecule has 0 atom stereocenters. The van der Waals surface area contributed by atoms with E-state index in [9.17, 15) is 13.2 Å². The lowest BCUT2D eigenvalue weighted by molar-refractivity contribution is -0.134. The predicted octanol–water partition coefficient (Wildman–Crippen LogP) is 4.51. The molecule has 0 saturated carbocycles. The van der Waals surface area contributed by atoms with Crippen molar-refractivity contribution in [1.29, 1.82) is 0 Å². The lowest BCUT2D eigenvalue weighted by atomic mass is 9.93. The van der Waals surface area contributed by atoms with Crippen LogP contribution in [0.4, 0.5) is 5.69 Å². The van der Waals surface area contributed by atoms with Gasteiger partial charge in [-0.25, -0.2) is 8.42 Å². The second-order valence-corrected chi connectivity index (χ2v) is 9.61. The van der Waals surface area contributed by atoms with Crippen LogP contribution in [-0.4, -0.2) is 39.8 Å². The smallest absolute Gasteiger partial charge is 0.311 e. The van der Waals surface area contributed by atoms with Gasteiger partial charge in [0.2, 0.25) is 10.0 Å². The Kier molecular flexibility index (Phi) is 12.9. The Morgan fingerprint density at radius 1 is 1.16 bits per heavy atom. The minimum absolute atomic E-state index is 0. The average molecular weight is 477 g/mol. The number of carbonyl (C=O) groups is 1. The monoisotopic (exact) mass is 476 g/mol. The Bertz CT molecular complexity index is 767. The molecule has 0 bridgehead atoms. The van der Waals surface area contributed by atoms with Crippen LogP contribution in [0.3, 0.4) is 0 Å². The van der Waals surface area contributed by atoms with E-state index in [0.717, 1.165) is 38.3 Å². The van der Waals surface area contributed by atoms with Gasteiger partial charge in [0, 0.05) is 6.42 Å². The summed E-state index contributed by atoms with van der Waals surface area (Å²) in [5.41, 5.74) is 0.236. The van der Waals surface area contributed by atoms with Gasteiger partial charge in [0.15, 0.2) is 11.5 Å². The largest absolute Gasteiger partial charge is 0.490 e. The van der Waals surface area contributed by atoms with Crippen LogP contribution >= 0.6 is 12.4 Å². The molecule has 1 aliphatic rings. The van der Waals surface area contributed by atoms with Gasteiger partial charge in [-0.2, -0.15) is 0 Å². The number of para-hydroxylation sites is 1. The van der Waals surface area contributed by atoms with Crippen LogP contribution in [-0.2, 0) is 14.8 Å². The molecule has 2 N–H and O–H groups in total. The fraction of sp³-hybridized carbons (Fsp3) is 0.682. The maximum absolute atomic E-state index is 12.3. The van der Waals surface area contributed by atoms with Crippen molar-refractivity contribution in [2.24, 2.45) is 5.92 Å². The van der Waals surface area contributed by atoms with Crippen LogP contribution in [0, 0.1) is 5.92 Å². The number of unbranched alkanes of at least 4 members (excludes halogenated alkanes) is 2. The van der Waals surface area contributed by atoms with Crippen molar-refractivity contribution >= 4 is 34.1 Å². The van der Waals surface area contributed by atoms with Crippen LogP contribution in [0.5, 0.6) is 11.5 Å². The molecule has 31 heavy (non-hydrogen) atoms. The summed E-state index contributed by atoms with van der Waals surface area (Å²) in [6.07, 6.45) is 7.17. The number of piperidine rings is 1. The highest BCUT2D eigenvalue weighted by atomic mass is 35.5. The zero-order valence-electron chi connectivity index (χ0n) is 18.7. The van der Waals surface area contributed by atoms with Gasteiger partial charge in [0.25, 0.3) is 0 Å². The van der Waals surface area contributed by atoms with E-state index in [-0.39, 0.29) is 36.0 Å². The average Bonchev–Trinajstić information content (AvgIpc) is 2.74. The molecule has 1 heterocycles. The van der Waals surface area contributed by atoms with E-state index in [1.165, 1.54) is 19.3 Å². The van der Waals surface area contributed by atoms with Crippen molar-refractivity contribution in [2.45, 2.75) is 65.2 Å². The van der Waals surface area contributed by atoms with Gasteiger partial charge in [-0.15, -0.1) is 12.4 Å². The van der Waals surface area contributed by atoms with Gasteiger partial charge in [-0.05, 0) is 63.2 Å². The number of esters is 1. The van der Waals surface area contributed by atoms with Gasteiger partial charge < -0.3 is 14.8 Å². The standard InChI is InChI=1S/C22H36N2O5S.ClH/c1-3-5-17-30(26,27)24-19-10-8-11-20(22(19)29-21(25)4-2)28-16-7-6-9-18-12-14-23-15-13-18;/h8,10-11,18,23-24H,3-7,9,12-17H2,1-2H3;1H. The third kappa shape index (κ3) is 10.1. The van der Waals surface area contributed by atoms with E-state index in [0.29, 0.717) is 18.8 Å². The fourth-order valence-corrected chi connectivity index (χ4v) is 4.71. The number of ether oxygens (including phenoxy) is 2. The zero-order valence-corrected chi connectivity index (χ0v) is 20.3. The lowest BCUT2D eigenvalue weighted by Crippen LogP contribution is -2.27. The molecule has 1 aliphatic heterocycles. The third-order valence-corrected chi connectivity index (χ3v) is 6.60. The normalized spacial score (nSPS) is 14.5. The SMILES string of the molecule is CCCCS(=O)(=O)Nc1cccc(OCCCCC2CCNCC2)c1OC(=O)CC.Cl. The van der Waals surface area contributed by atoms with Crippen molar-refractivity contribution < 1.29 is 22.7 Å². The van der Waals surface area contributed by atoms with Crippen molar-refractivity contribution in [3.05, 3.63) is 18.2 Å². The van der Waals surface area contributed by atoms with Crippen molar-refractivity contribution in [1.82, 2.24) is 5.32 Å². The molecule has 178 valence electrons. The topological polar surface area (TPSA) is 93.7 Å². The molecule has 7 nitrogen and oxygen atoms in total. The second kappa shape index (κ2) is 14.5. The second-order valence-electron chi connectivity index (χ2n) is 7.77. The molecule has 1 saturated heterocycles. The number of benzene rings is 1. The van der Waals surface area contributed by atoms with Crippen LogP contribution in [0.2, 0.25) is 0 Å². The first-order valence-electron chi connectivity index (χ1n) is 11.1. The van der Waals surface area contributed by atoms with E-state index >= 15 is 0 Å². The number of nitrogens with one attached hydrogen (secondary N) is 2. The highest BCUT2D eigenvalue weighted by Gasteiger charge is 2.19. The van der Waals surface area contributed by atoms with Crippen molar-refractivity contribution in [3.63, 3.8) is 0 Å². The quantitative estimate of drug-likeness (QED) is 0.247. The Labute approximate surface area is 193 Å². The summed E-state index contributed by atoms with van der Waals surface area (Å²) in [5, 5.41) is 3.38. The molecule has 1 aromatic rings. The maximum atomic E-state index is 12.3. The number of halogens is 1. The maximum Gasteiger partial charge on any atom is 0.311 e. The van der Waals surface area contributed by atoms with Crippen molar-refractivity contribution in [3.8, 4) is 11.5 Å². The molecular formula is C22H37ClN2O5S. The number of hydrogen-bond donors (Lipinski definition) is 2. The molecule has 0 aliphatic carbocycles. The molecule has 1 aromatic carbocycles. The van der Waals surface area contributed by atoms with Gasteiger partial charge in [0.1, 0.15) is 0 Å². The summed E-state index contributed by atoms with van der Waals surface area (Å²) in [5.74, 6) is 0.892. The number of sulfonamides is 1. The Hall–Kier alpha value is -1.51. The van der Waals surface area contributed by atoms with Crippen molar-refractivity contribution in [2.75, 3.05) is 30.2 Å². The number of hydrogen-bond acceptors (Lipinski definition) is 6. The highest BCUT2D eigenvalue weighted by Crippen LogP contribution is 2.36. The number of anilines is 1. The molecule has 1 fully saturated rings. The van der Waals surface area contributed by atoms with E-state index in [4.69, 9.17) is 9.47 Å². The van der Waals surface area contributed by atoms with Gasteiger partial charge >= 0.3 is 5.97 Å². The van der Waals surface area contributed by atoms with Gasteiger partial charge in [-0.1, -0.05) is 32.8 Å². The summed E-state index contributed by atoms with van der Waals surface area (Å²) in [4.78, 5) is 11.9. The fourth-order valence-electron chi connectivity index (χ4n) is 3.44. The van der Waals surface area contributed by atoms with E-state index in [1.54, 1.807) is 25.1 Å². The van der Waals surface area contributed by atoms with Gasteiger partial charge in [0.05, 0.1) is 18.0 Å². The summed E-state index contributed by atoms with van der Waals surface area (Å²) in [6, 6.07) is 4.99. The molecule has 0 spiro atoms. The molecule has 0 aromatic heterocycles. The molecule has 0 unspecified atom stereocenters. The highest BCUT2D eigenvalue weighted by molar-refractivity contribution is 7.92. The number of rotatable bonds is 13. The first-order chi connectivity index (χ1) is 14.4. The first-order valence-corrected chi connectivity index (χ1v) is 12.8. The molecular weight excluding hydrogens is 440 g/mol. The lowest BCUT2D eigenvalue weighted by Gasteiger charge is -2.22. The third-order valence-electron chi connectivity index (χ3n) is 5.24. The van der Waals surface area contributed by atoms with Crippen LogP contribution in [0.1, 0.15) is 65.2 Å². The minimum Gasteiger partial charge on any atom is -0.490 e. The zero-order chi connectivity index (χ0) is 21.8.